The van der Waals surface area contributed by atoms with Gasteiger partial charge in [-0.1, -0.05) is 11.6 Å². The highest BCUT2D eigenvalue weighted by molar-refractivity contribution is 8.13. The molecule has 0 atom stereocenters. The van der Waals surface area contributed by atoms with Crippen molar-refractivity contribution in [1.29, 1.82) is 0 Å². The highest BCUT2D eigenvalue weighted by atomic mass is 35.7. The van der Waals surface area contributed by atoms with Crippen LogP contribution in [0.2, 0.25) is 5.15 Å². The molecule has 9 heteroatoms. The van der Waals surface area contributed by atoms with Crippen molar-refractivity contribution in [3.05, 3.63) is 16.9 Å². The van der Waals surface area contributed by atoms with Crippen molar-refractivity contribution < 1.29 is 21.9 Å². The highest BCUT2D eigenvalue weighted by Crippen LogP contribution is 2.33. The minimum Gasteiger partial charge on any atom is -0.495 e. The Morgan fingerprint density at radius 3 is 2.44 bits per heavy atom. The zero-order valence-corrected chi connectivity index (χ0v) is 10.1. The number of hydrogen-bond acceptors (Lipinski definition) is 4. The first kappa shape index (κ1) is 13.4. The largest absolute Gasteiger partial charge is 0.495 e. The lowest BCUT2D eigenvalue weighted by molar-refractivity contribution is 0.141. The molecule has 0 aliphatic carbocycles. The highest BCUT2D eigenvalue weighted by Gasteiger charge is 2.24. The predicted octanol–water partition coefficient (Wildman–Crippen LogP) is 2.61. The maximum Gasteiger partial charge on any atom is 0.284 e. The van der Waals surface area contributed by atoms with E-state index in [1.807, 2.05) is 0 Å². The molecule has 0 N–H and O–H groups in total. The van der Waals surface area contributed by atoms with E-state index in [-0.39, 0.29) is 0 Å². The number of alkyl halides is 2. The van der Waals surface area contributed by atoms with E-state index in [4.69, 9.17) is 22.3 Å². The number of halogens is 4. The van der Waals surface area contributed by atoms with Crippen molar-refractivity contribution in [2.75, 3.05) is 7.11 Å². The molecule has 0 aliphatic heterocycles. The average Bonchev–Trinajstić information content (AvgIpc) is 2.15. The van der Waals surface area contributed by atoms with E-state index in [0.29, 0.717) is 0 Å². The van der Waals surface area contributed by atoms with Gasteiger partial charge >= 0.3 is 0 Å². The molecule has 0 saturated heterocycles. The van der Waals surface area contributed by atoms with Crippen molar-refractivity contribution in [2.24, 2.45) is 0 Å². The second-order valence-corrected chi connectivity index (χ2v) is 5.50. The van der Waals surface area contributed by atoms with E-state index in [1.54, 1.807) is 0 Å². The predicted molar refractivity (Wildman–Crippen MR) is 53.8 cm³/mol. The second-order valence-electron chi connectivity index (χ2n) is 2.60. The van der Waals surface area contributed by atoms with Crippen LogP contribution in [0.1, 0.15) is 12.1 Å². The zero-order valence-electron chi connectivity index (χ0n) is 7.75. The number of aromatic nitrogens is 1. The van der Waals surface area contributed by atoms with Crippen LogP contribution in [0.25, 0.3) is 0 Å². The van der Waals surface area contributed by atoms with Crippen LogP contribution in [0, 0.1) is 0 Å². The summed E-state index contributed by atoms with van der Waals surface area (Å²) in [7, 11) is 1.97. The number of pyridine rings is 1. The Bertz CT molecular complexity index is 507. The third kappa shape index (κ3) is 2.72. The molecule has 0 radical (unpaired) electrons. The van der Waals surface area contributed by atoms with Crippen LogP contribution in [0.5, 0.6) is 5.75 Å². The topological polar surface area (TPSA) is 56.3 Å². The number of rotatable bonds is 3. The van der Waals surface area contributed by atoms with E-state index < -0.39 is 37.0 Å². The Morgan fingerprint density at radius 2 is 2.06 bits per heavy atom. The minimum absolute atomic E-state index is 0.390. The molecule has 0 amide bonds. The Kier molecular flexibility index (Phi) is 3.92. The van der Waals surface area contributed by atoms with E-state index in [0.717, 1.165) is 13.2 Å². The monoisotopic (exact) mass is 291 g/mol. The van der Waals surface area contributed by atoms with Gasteiger partial charge in [0.1, 0.15) is 21.5 Å². The standard InChI is InChI=1S/C7H5Cl2F2NO3S/c1-15-3-2-4(16(9,13)14)6(8)12-5(3)7(10)11/h2,7H,1H3. The van der Waals surface area contributed by atoms with E-state index in [9.17, 15) is 17.2 Å². The fraction of sp³-hybridized carbons (Fsp3) is 0.286. The summed E-state index contributed by atoms with van der Waals surface area (Å²) in [6.07, 6.45) is -2.93. The Hall–Kier alpha value is -0.660. The van der Waals surface area contributed by atoms with Crippen LogP contribution in [0.15, 0.2) is 11.0 Å². The molecule has 0 fully saturated rings. The van der Waals surface area contributed by atoms with E-state index in [1.165, 1.54) is 0 Å². The molecule has 0 aliphatic rings. The summed E-state index contributed by atoms with van der Waals surface area (Å²) in [4.78, 5) is 2.66. The smallest absolute Gasteiger partial charge is 0.284 e. The second kappa shape index (κ2) is 4.68. The van der Waals surface area contributed by atoms with Gasteiger partial charge < -0.3 is 4.74 Å². The maximum atomic E-state index is 12.4. The normalized spacial score (nSPS) is 11.9. The number of hydrogen-bond donors (Lipinski definition) is 0. The van der Waals surface area contributed by atoms with Crippen LogP contribution < -0.4 is 4.74 Å². The molecule has 0 spiro atoms. The number of nitrogens with zero attached hydrogens (tertiary/aromatic N) is 1. The summed E-state index contributed by atoms with van der Waals surface area (Å²) in [5, 5.41) is -0.619. The van der Waals surface area contributed by atoms with Crippen LogP contribution in [0.4, 0.5) is 8.78 Å². The quantitative estimate of drug-likeness (QED) is 0.634. The summed E-state index contributed by atoms with van der Waals surface area (Å²) in [6, 6.07) is 0.805. The third-order valence-corrected chi connectivity index (χ3v) is 3.36. The van der Waals surface area contributed by atoms with Gasteiger partial charge in [-0.2, -0.15) is 0 Å². The molecule has 4 nitrogen and oxygen atoms in total. The van der Waals surface area contributed by atoms with Crippen LogP contribution >= 0.6 is 22.3 Å². The van der Waals surface area contributed by atoms with E-state index >= 15 is 0 Å². The molecular weight excluding hydrogens is 287 g/mol. The van der Waals surface area contributed by atoms with Crippen molar-refractivity contribution >= 4 is 31.3 Å². The zero-order chi connectivity index (χ0) is 12.5. The third-order valence-electron chi connectivity index (χ3n) is 1.63. The van der Waals surface area contributed by atoms with Crippen molar-refractivity contribution in [3.8, 4) is 5.75 Å². The molecule has 1 aromatic rings. The number of methoxy groups -OCH3 is 1. The summed E-state index contributed by atoms with van der Waals surface area (Å²) in [5.74, 6) is -0.390. The van der Waals surface area contributed by atoms with Gasteiger partial charge in [0.2, 0.25) is 0 Å². The first-order valence-corrected chi connectivity index (χ1v) is 6.43. The fourth-order valence-electron chi connectivity index (χ4n) is 0.959. The first-order chi connectivity index (χ1) is 7.27. The number of ether oxygens (including phenoxy) is 1. The van der Waals surface area contributed by atoms with Gasteiger partial charge in [0.05, 0.1) is 7.11 Å². The van der Waals surface area contributed by atoms with Crippen molar-refractivity contribution in [2.45, 2.75) is 11.3 Å². The summed E-state index contributed by atoms with van der Waals surface area (Å²) < 4.78 is 51.5. The van der Waals surface area contributed by atoms with Crippen LogP contribution in [0.3, 0.4) is 0 Å². The molecule has 1 aromatic heterocycles. The van der Waals surface area contributed by atoms with Gasteiger partial charge in [-0.15, -0.1) is 0 Å². The van der Waals surface area contributed by atoms with Crippen LogP contribution in [-0.4, -0.2) is 20.5 Å². The molecule has 0 saturated carbocycles. The molecule has 0 unspecified atom stereocenters. The van der Waals surface area contributed by atoms with Gasteiger partial charge in [-0.25, -0.2) is 22.2 Å². The first-order valence-electron chi connectivity index (χ1n) is 3.74. The lowest BCUT2D eigenvalue weighted by Gasteiger charge is -2.09. The van der Waals surface area contributed by atoms with Crippen molar-refractivity contribution in [3.63, 3.8) is 0 Å². The molecular formula is C7H5Cl2F2NO3S. The molecule has 0 aromatic carbocycles. The minimum atomic E-state index is -4.16. The summed E-state index contributed by atoms with van der Waals surface area (Å²) >= 11 is 5.42. The Morgan fingerprint density at radius 1 is 1.50 bits per heavy atom. The molecule has 0 bridgehead atoms. The van der Waals surface area contributed by atoms with Gasteiger partial charge in [-0.05, 0) is 0 Å². The van der Waals surface area contributed by atoms with Gasteiger partial charge in [0.25, 0.3) is 15.5 Å². The molecule has 1 heterocycles. The molecule has 1 rings (SSSR count). The molecule has 90 valence electrons. The lowest BCUT2D eigenvalue weighted by Crippen LogP contribution is -2.02. The average molecular weight is 292 g/mol. The van der Waals surface area contributed by atoms with Gasteiger partial charge in [0.15, 0.2) is 0 Å². The fourth-order valence-corrected chi connectivity index (χ4v) is 2.38. The van der Waals surface area contributed by atoms with E-state index in [2.05, 4.69) is 9.72 Å². The SMILES string of the molecule is COc1cc(S(=O)(=O)Cl)c(Cl)nc1C(F)F. The Balaban J connectivity index is 3.50. The lowest BCUT2D eigenvalue weighted by atomic mass is 10.3. The van der Waals surface area contributed by atoms with Gasteiger partial charge in [0, 0.05) is 16.7 Å². The van der Waals surface area contributed by atoms with Crippen LogP contribution in [-0.2, 0) is 9.05 Å². The molecule has 16 heavy (non-hydrogen) atoms. The summed E-state index contributed by atoms with van der Waals surface area (Å²) in [6.45, 7) is 0. The van der Waals surface area contributed by atoms with Crippen molar-refractivity contribution in [1.82, 2.24) is 4.98 Å². The maximum absolute atomic E-state index is 12.4. The summed E-state index contributed by atoms with van der Waals surface area (Å²) in [5.41, 5.74) is -0.739. The Labute approximate surface area is 99.6 Å². The van der Waals surface area contributed by atoms with Gasteiger partial charge in [-0.3, -0.25) is 0 Å².